The molecule has 12 nitrogen and oxygen atoms in total. The Morgan fingerprint density at radius 1 is 1.00 bits per heavy atom. The van der Waals surface area contributed by atoms with Crippen molar-refractivity contribution >= 4 is 45.3 Å². The number of piperidine rings is 2. The van der Waals surface area contributed by atoms with Gasteiger partial charge in [-0.25, -0.2) is 22.9 Å². The lowest BCUT2D eigenvalue weighted by atomic mass is 9.83. The smallest absolute Gasteiger partial charge is 0.321 e. The normalized spacial score (nSPS) is 24.0. The molecule has 5 heterocycles. The Labute approximate surface area is 308 Å². The molecule has 1 saturated carbocycles. The highest BCUT2D eigenvalue weighted by molar-refractivity contribution is 6.04. The van der Waals surface area contributed by atoms with Gasteiger partial charge in [0.25, 0.3) is 12.3 Å². The van der Waals surface area contributed by atoms with Crippen molar-refractivity contribution < 1.29 is 27.6 Å². The van der Waals surface area contributed by atoms with Gasteiger partial charge in [0.1, 0.15) is 23.6 Å². The van der Waals surface area contributed by atoms with Crippen LogP contribution in [0, 0.1) is 5.92 Å². The number of nitrogens with one attached hydrogen (secondary N) is 2. The molecule has 282 valence electrons. The lowest BCUT2D eigenvalue weighted by molar-refractivity contribution is -0.135. The van der Waals surface area contributed by atoms with Gasteiger partial charge in [0.15, 0.2) is 0 Å². The van der Waals surface area contributed by atoms with Gasteiger partial charge in [-0.2, -0.15) is 5.10 Å². The number of para-hydroxylation sites is 1. The second kappa shape index (κ2) is 14.5. The molecule has 5 aromatic rings. The van der Waals surface area contributed by atoms with Crippen molar-refractivity contribution in [2.45, 2.75) is 75.5 Å². The lowest BCUT2D eigenvalue weighted by Gasteiger charge is -2.38. The van der Waals surface area contributed by atoms with Crippen molar-refractivity contribution in [1.29, 1.82) is 0 Å². The molecule has 1 aliphatic carbocycles. The minimum atomic E-state index is -2.77. The molecule has 0 radical (unpaired) electrons. The molecule has 0 bridgehead atoms. The first-order valence-electron chi connectivity index (χ1n) is 18.5. The van der Waals surface area contributed by atoms with Crippen LogP contribution >= 0.6 is 0 Å². The molecule has 1 unspecified atom stereocenters. The summed E-state index contributed by atoms with van der Waals surface area (Å²) in [6.45, 7) is 1.86. The molecule has 3 aromatic heterocycles. The summed E-state index contributed by atoms with van der Waals surface area (Å²) in [6, 6.07) is 14.2. The van der Waals surface area contributed by atoms with Crippen LogP contribution in [0.25, 0.3) is 21.9 Å². The highest BCUT2D eigenvalue weighted by Gasteiger charge is 2.36. The van der Waals surface area contributed by atoms with E-state index in [-0.39, 0.29) is 42.1 Å². The summed E-state index contributed by atoms with van der Waals surface area (Å²) in [6.07, 6.45) is 2.92. The summed E-state index contributed by atoms with van der Waals surface area (Å²) < 4.78 is 47.1. The van der Waals surface area contributed by atoms with Crippen LogP contribution in [0.2, 0.25) is 0 Å². The fourth-order valence-corrected chi connectivity index (χ4v) is 8.64. The number of benzene rings is 2. The maximum atomic E-state index is 16.1. The third kappa shape index (κ3) is 6.80. The fourth-order valence-electron chi connectivity index (χ4n) is 8.64. The fraction of sp³-hybridized carbons (Fsp3) is 0.436. The molecule has 2 aliphatic heterocycles. The number of imidazole rings is 1. The Bertz CT molecular complexity index is 2310. The van der Waals surface area contributed by atoms with E-state index < -0.39 is 36.1 Å². The van der Waals surface area contributed by atoms with Crippen molar-refractivity contribution in [1.82, 2.24) is 34.1 Å². The summed E-state index contributed by atoms with van der Waals surface area (Å²) in [5, 5.41) is 10.7. The number of amides is 3. The molecule has 3 fully saturated rings. The molecule has 2 aromatic carbocycles. The third-order valence-corrected chi connectivity index (χ3v) is 11.4. The van der Waals surface area contributed by atoms with Gasteiger partial charge >= 0.3 is 5.69 Å². The van der Waals surface area contributed by atoms with E-state index in [4.69, 9.17) is 5.10 Å². The first kappa shape index (κ1) is 35.7. The number of alkyl halides is 3. The highest BCUT2D eigenvalue weighted by Crippen LogP contribution is 2.38. The number of halogens is 3. The number of nitrogens with zero attached hydrogens (tertiary/aromatic N) is 6. The van der Waals surface area contributed by atoms with E-state index in [0.29, 0.717) is 35.6 Å². The molecule has 3 atom stereocenters. The van der Waals surface area contributed by atoms with E-state index in [2.05, 4.69) is 20.5 Å². The van der Waals surface area contributed by atoms with Crippen LogP contribution in [0.4, 0.5) is 18.9 Å². The third-order valence-electron chi connectivity index (χ3n) is 11.4. The zero-order valence-electron chi connectivity index (χ0n) is 29.8. The maximum absolute atomic E-state index is 16.1. The van der Waals surface area contributed by atoms with Crippen molar-refractivity contribution in [3.05, 3.63) is 88.2 Å². The number of likely N-dealkylation sites (tertiary alicyclic amines) is 1. The molecule has 15 heteroatoms. The molecular formula is C39H41F3N8O4. The number of pyridine rings is 1. The number of anilines is 1. The number of aromatic nitrogens is 5. The Balaban J connectivity index is 0.874. The number of carbonyl (C=O) groups is 3. The van der Waals surface area contributed by atoms with Crippen LogP contribution in [0.5, 0.6) is 0 Å². The van der Waals surface area contributed by atoms with Crippen molar-refractivity contribution in [3.63, 3.8) is 0 Å². The van der Waals surface area contributed by atoms with E-state index in [1.54, 1.807) is 19.2 Å². The Hall–Kier alpha value is -5.31. The van der Waals surface area contributed by atoms with E-state index in [9.17, 15) is 28.0 Å². The second-order valence-electron chi connectivity index (χ2n) is 14.8. The van der Waals surface area contributed by atoms with Crippen LogP contribution < -0.4 is 16.3 Å². The van der Waals surface area contributed by atoms with Crippen LogP contribution in [0.1, 0.15) is 91.1 Å². The first-order valence-corrected chi connectivity index (χ1v) is 18.5. The SMILES string of the molecule is Cn1c(=O)n(C2CCC(=O)NC2=O)c2cccc([C@@H]3CCN(CC4CCC(n5cc6cc(NC(=O)c7cccc(C(F)F)n7)ccc6n5)CC4)C[C@H]3F)c21. The number of imide groups is 1. The number of hydrogen-bond acceptors (Lipinski definition) is 7. The molecule has 8 rings (SSSR count). The summed E-state index contributed by atoms with van der Waals surface area (Å²) in [7, 11) is 1.65. The molecule has 3 amide bonds. The largest absolute Gasteiger partial charge is 0.329 e. The summed E-state index contributed by atoms with van der Waals surface area (Å²) in [5.41, 5.74) is 2.38. The van der Waals surface area contributed by atoms with Crippen LogP contribution in [0.15, 0.2) is 65.6 Å². The van der Waals surface area contributed by atoms with Gasteiger partial charge in [0.05, 0.1) is 22.6 Å². The number of hydrogen-bond donors (Lipinski definition) is 2. The molecular weight excluding hydrogens is 701 g/mol. The molecule has 0 spiro atoms. The zero-order valence-corrected chi connectivity index (χ0v) is 29.8. The van der Waals surface area contributed by atoms with Gasteiger partial charge in [-0.15, -0.1) is 0 Å². The van der Waals surface area contributed by atoms with Gasteiger partial charge in [-0.3, -0.25) is 33.5 Å². The van der Waals surface area contributed by atoms with E-state index in [1.165, 1.54) is 27.3 Å². The van der Waals surface area contributed by atoms with Crippen molar-refractivity contribution in [2.75, 3.05) is 25.0 Å². The number of carbonyl (C=O) groups excluding carboxylic acids is 3. The Morgan fingerprint density at radius 2 is 1.80 bits per heavy atom. The van der Waals surface area contributed by atoms with E-state index >= 15 is 4.39 Å². The first-order chi connectivity index (χ1) is 26.0. The molecule has 2 N–H and O–H groups in total. The van der Waals surface area contributed by atoms with Crippen LogP contribution in [-0.4, -0.2) is 72.3 Å². The van der Waals surface area contributed by atoms with Gasteiger partial charge in [0, 0.05) is 49.7 Å². The average molecular weight is 743 g/mol. The van der Waals surface area contributed by atoms with Crippen molar-refractivity contribution in [2.24, 2.45) is 13.0 Å². The van der Waals surface area contributed by atoms with E-state index in [1.807, 2.05) is 35.1 Å². The van der Waals surface area contributed by atoms with Crippen molar-refractivity contribution in [3.8, 4) is 0 Å². The second-order valence-corrected chi connectivity index (χ2v) is 14.8. The van der Waals surface area contributed by atoms with Gasteiger partial charge in [-0.05, 0) is 92.9 Å². The zero-order chi connectivity index (χ0) is 37.7. The number of aryl methyl sites for hydroxylation is 1. The predicted octanol–water partition coefficient (Wildman–Crippen LogP) is 5.81. The van der Waals surface area contributed by atoms with Gasteiger partial charge < -0.3 is 10.2 Å². The molecule has 54 heavy (non-hydrogen) atoms. The standard InChI is InChI=1S/C39H41F3N8O4/c1-47-35-27(4-2-7-32(35)50(39(47)54)33-14-15-34(51)45-38(33)53)26-16-17-48(21-28(26)40)19-22-8-11-25(12-9-22)49-20-23-18-24(10-13-29(23)46-49)43-37(52)31-6-3-5-30(44-31)36(41)42/h2-7,10,13,18,20,22,25-26,28,33,36H,8-9,11-12,14-17,19,21H2,1H3,(H,43,52)(H,45,51,53)/t22?,25?,26-,28+,33?/m0/s1. The number of rotatable bonds is 8. The molecule has 2 saturated heterocycles. The Kier molecular flexibility index (Phi) is 9.58. The minimum Gasteiger partial charge on any atom is -0.321 e. The predicted molar refractivity (Wildman–Crippen MR) is 195 cm³/mol. The summed E-state index contributed by atoms with van der Waals surface area (Å²) in [5.74, 6) is -1.37. The average Bonchev–Trinajstić information content (AvgIpc) is 3.70. The minimum absolute atomic E-state index is 0.0864. The summed E-state index contributed by atoms with van der Waals surface area (Å²) in [4.78, 5) is 56.5. The van der Waals surface area contributed by atoms with Crippen LogP contribution in [0.3, 0.4) is 0 Å². The van der Waals surface area contributed by atoms with E-state index in [0.717, 1.165) is 55.2 Å². The van der Waals surface area contributed by atoms with Crippen LogP contribution in [-0.2, 0) is 16.6 Å². The quantitative estimate of drug-likeness (QED) is 0.192. The Morgan fingerprint density at radius 3 is 2.56 bits per heavy atom. The lowest BCUT2D eigenvalue weighted by Crippen LogP contribution is -2.44. The monoisotopic (exact) mass is 742 g/mol. The maximum Gasteiger partial charge on any atom is 0.329 e. The highest BCUT2D eigenvalue weighted by atomic mass is 19.3. The van der Waals surface area contributed by atoms with Gasteiger partial charge in [0.2, 0.25) is 11.8 Å². The van der Waals surface area contributed by atoms with Gasteiger partial charge in [-0.1, -0.05) is 18.2 Å². The molecule has 3 aliphatic rings. The summed E-state index contributed by atoms with van der Waals surface area (Å²) >= 11 is 0. The topological polar surface area (TPSA) is 136 Å². The number of fused-ring (bicyclic) bond motifs is 2.